The summed E-state index contributed by atoms with van der Waals surface area (Å²) in [4.78, 5) is 13.2. The molecule has 0 atom stereocenters. The van der Waals surface area contributed by atoms with Gasteiger partial charge in [-0.15, -0.1) is 6.42 Å². The maximum absolute atomic E-state index is 11.4. The van der Waals surface area contributed by atoms with E-state index in [-0.39, 0.29) is 12.5 Å². The molecule has 0 saturated heterocycles. The van der Waals surface area contributed by atoms with Crippen molar-refractivity contribution in [2.45, 2.75) is 0 Å². The lowest BCUT2D eigenvalue weighted by Gasteiger charge is -2.16. The molecular formula is C14H17ClN2O2. The standard InChI is InChI=1S/C14H17ClN2O2/c1-3-7-16-14(18)11-17(2)8-9-19-13-6-4-5-12(15)10-13/h1,4-6,10H,7-9,11H2,2H3,(H,16,18). The lowest BCUT2D eigenvalue weighted by molar-refractivity contribution is -0.121. The maximum Gasteiger partial charge on any atom is 0.234 e. The minimum absolute atomic E-state index is 0.0943. The molecule has 19 heavy (non-hydrogen) atoms. The fraction of sp³-hybridized carbons (Fsp3) is 0.357. The van der Waals surface area contributed by atoms with Gasteiger partial charge in [0.2, 0.25) is 5.91 Å². The van der Waals surface area contributed by atoms with Gasteiger partial charge in [0.1, 0.15) is 12.4 Å². The number of ether oxygens (including phenoxy) is 1. The third kappa shape index (κ3) is 6.70. The van der Waals surface area contributed by atoms with Crippen LogP contribution in [0.2, 0.25) is 5.02 Å². The number of nitrogens with one attached hydrogen (secondary N) is 1. The van der Waals surface area contributed by atoms with Crippen molar-refractivity contribution in [2.75, 3.05) is 33.3 Å². The molecule has 102 valence electrons. The molecule has 0 bridgehead atoms. The van der Waals surface area contributed by atoms with Gasteiger partial charge in [0.15, 0.2) is 0 Å². The number of rotatable bonds is 7. The highest BCUT2D eigenvalue weighted by Gasteiger charge is 2.05. The number of amides is 1. The second kappa shape index (κ2) is 8.41. The molecule has 0 aliphatic rings. The smallest absolute Gasteiger partial charge is 0.234 e. The summed E-state index contributed by atoms with van der Waals surface area (Å²) >= 11 is 5.84. The van der Waals surface area contributed by atoms with Crippen molar-refractivity contribution in [1.82, 2.24) is 10.2 Å². The first-order valence-corrected chi connectivity index (χ1v) is 6.26. The zero-order valence-electron chi connectivity index (χ0n) is 10.9. The lowest BCUT2D eigenvalue weighted by atomic mass is 10.3. The van der Waals surface area contributed by atoms with E-state index in [0.29, 0.717) is 24.7 Å². The van der Waals surface area contributed by atoms with Gasteiger partial charge in [0, 0.05) is 11.6 Å². The van der Waals surface area contributed by atoms with E-state index in [1.54, 1.807) is 12.1 Å². The van der Waals surface area contributed by atoms with Crippen molar-refractivity contribution in [3.05, 3.63) is 29.3 Å². The molecule has 0 aromatic heterocycles. The molecule has 1 N–H and O–H groups in total. The Labute approximate surface area is 118 Å². The third-order valence-corrected chi connectivity index (χ3v) is 2.57. The average molecular weight is 281 g/mol. The summed E-state index contributed by atoms with van der Waals surface area (Å²) in [5.41, 5.74) is 0. The van der Waals surface area contributed by atoms with Crippen LogP contribution in [0.25, 0.3) is 0 Å². The zero-order valence-corrected chi connectivity index (χ0v) is 11.6. The summed E-state index contributed by atoms with van der Waals surface area (Å²) in [6.45, 7) is 1.67. The summed E-state index contributed by atoms with van der Waals surface area (Å²) in [5.74, 6) is 2.98. The topological polar surface area (TPSA) is 41.6 Å². The van der Waals surface area contributed by atoms with Gasteiger partial charge in [0.05, 0.1) is 13.1 Å². The van der Waals surface area contributed by atoms with Crippen LogP contribution in [0.1, 0.15) is 0 Å². The van der Waals surface area contributed by atoms with Gasteiger partial charge in [0.25, 0.3) is 0 Å². The summed E-state index contributed by atoms with van der Waals surface area (Å²) in [6, 6.07) is 7.21. The number of hydrogen-bond donors (Lipinski definition) is 1. The van der Waals surface area contributed by atoms with Crippen LogP contribution in [0.4, 0.5) is 0 Å². The van der Waals surface area contributed by atoms with Crippen LogP contribution in [-0.4, -0.2) is 44.1 Å². The molecule has 0 aliphatic carbocycles. The zero-order chi connectivity index (χ0) is 14.1. The van der Waals surface area contributed by atoms with Gasteiger partial charge >= 0.3 is 0 Å². The van der Waals surface area contributed by atoms with Crippen LogP contribution in [0, 0.1) is 12.3 Å². The fourth-order valence-electron chi connectivity index (χ4n) is 1.41. The normalized spacial score (nSPS) is 10.0. The van der Waals surface area contributed by atoms with E-state index in [2.05, 4.69) is 11.2 Å². The Morgan fingerprint density at radius 2 is 2.37 bits per heavy atom. The van der Waals surface area contributed by atoms with E-state index < -0.39 is 0 Å². The molecule has 0 spiro atoms. The molecule has 1 aromatic carbocycles. The molecule has 0 unspecified atom stereocenters. The highest BCUT2D eigenvalue weighted by atomic mass is 35.5. The monoisotopic (exact) mass is 280 g/mol. The predicted molar refractivity (Wildman–Crippen MR) is 76.3 cm³/mol. The van der Waals surface area contributed by atoms with Gasteiger partial charge < -0.3 is 10.1 Å². The largest absolute Gasteiger partial charge is 0.492 e. The first-order chi connectivity index (χ1) is 9.11. The molecule has 0 radical (unpaired) electrons. The molecule has 1 rings (SSSR count). The van der Waals surface area contributed by atoms with Crippen molar-refractivity contribution in [2.24, 2.45) is 0 Å². The van der Waals surface area contributed by atoms with Gasteiger partial charge in [-0.2, -0.15) is 0 Å². The first-order valence-electron chi connectivity index (χ1n) is 5.89. The number of hydrogen-bond acceptors (Lipinski definition) is 3. The van der Waals surface area contributed by atoms with Crippen molar-refractivity contribution in [3.63, 3.8) is 0 Å². The van der Waals surface area contributed by atoms with Crippen LogP contribution in [0.3, 0.4) is 0 Å². The maximum atomic E-state index is 11.4. The van der Waals surface area contributed by atoms with Crippen LogP contribution >= 0.6 is 11.6 Å². The van der Waals surface area contributed by atoms with Crippen LogP contribution < -0.4 is 10.1 Å². The summed E-state index contributed by atoms with van der Waals surface area (Å²) in [5, 5.41) is 3.24. The van der Waals surface area contributed by atoms with Gasteiger partial charge in [-0.25, -0.2) is 0 Å². The number of benzene rings is 1. The summed E-state index contributed by atoms with van der Waals surface area (Å²) < 4.78 is 5.53. The molecule has 1 amide bonds. The molecule has 0 fully saturated rings. The molecular weight excluding hydrogens is 264 g/mol. The minimum atomic E-state index is -0.0943. The Hall–Kier alpha value is -1.70. The summed E-state index contributed by atoms with van der Waals surface area (Å²) in [7, 11) is 1.84. The molecule has 4 nitrogen and oxygen atoms in total. The van der Waals surface area contributed by atoms with E-state index in [4.69, 9.17) is 22.8 Å². The van der Waals surface area contributed by atoms with E-state index in [1.807, 2.05) is 24.1 Å². The molecule has 0 saturated carbocycles. The molecule has 1 aromatic rings. The Bertz CT molecular complexity index is 457. The van der Waals surface area contributed by atoms with Crippen molar-refractivity contribution < 1.29 is 9.53 Å². The average Bonchev–Trinajstić information content (AvgIpc) is 2.36. The lowest BCUT2D eigenvalue weighted by Crippen LogP contribution is -2.37. The minimum Gasteiger partial charge on any atom is -0.492 e. The van der Waals surface area contributed by atoms with Crippen molar-refractivity contribution in [3.8, 4) is 18.1 Å². The van der Waals surface area contributed by atoms with Crippen molar-refractivity contribution in [1.29, 1.82) is 0 Å². The SMILES string of the molecule is C#CCNC(=O)CN(C)CCOc1cccc(Cl)c1. The Morgan fingerprint density at radius 3 is 3.05 bits per heavy atom. The van der Waals surface area contributed by atoms with E-state index >= 15 is 0 Å². The number of carbonyl (C=O) groups excluding carboxylic acids is 1. The second-order valence-electron chi connectivity index (χ2n) is 4.02. The van der Waals surface area contributed by atoms with E-state index in [9.17, 15) is 4.79 Å². The summed E-state index contributed by atoms with van der Waals surface area (Å²) in [6.07, 6.45) is 5.06. The number of terminal acetylenes is 1. The number of carbonyl (C=O) groups is 1. The Balaban J connectivity index is 2.22. The number of likely N-dealkylation sites (N-methyl/N-ethyl adjacent to an activating group) is 1. The van der Waals surface area contributed by atoms with Gasteiger partial charge in [-0.1, -0.05) is 23.6 Å². The first kappa shape index (κ1) is 15.4. The Morgan fingerprint density at radius 1 is 1.58 bits per heavy atom. The van der Waals surface area contributed by atoms with Crippen LogP contribution in [0.5, 0.6) is 5.75 Å². The Kier molecular flexibility index (Phi) is 6.80. The predicted octanol–water partition coefficient (Wildman–Crippen LogP) is 1.40. The van der Waals surface area contributed by atoms with Crippen LogP contribution in [-0.2, 0) is 4.79 Å². The van der Waals surface area contributed by atoms with Crippen LogP contribution in [0.15, 0.2) is 24.3 Å². The number of halogens is 1. The van der Waals surface area contributed by atoms with E-state index in [1.165, 1.54) is 0 Å². The third-order valence-electron chi connectivity index (χ3n) is 2.34. The molecule has 5 heteroatoms. The molecule has 0 heterocycles. The second-order valence-corrected chi connectivity index (χ2v) is 4.46. The quantitative estimate of drug-likeness (QED) is 0.768. The fourth-order valence-corrected chi connectivity index (χ4v) is 1.59. The molecule has 0 aliphatic heterocycles. The highest BCUT2D eigenvalue weighted by molar-refractivity contribution is 6.30. The number of nitrogens with zero attached hydrogens (tertiary/aromatic N) is 1. The van der Waals surface area contributed by atoms with Gasteiger partial charge in [-0.05, 0) is 25.2 Å². The van der Waals surface area contributed by atoms with E-state index in [0.717, 1.165) is 5.75 Å². The van der Waals surface area contributed by atoms with Crippen molar-refractivity contribution >= 4 is 17.5 Å². The highest BCUT2D eigenvalue weighted by Crippen LogP contribution is 2.16. The van der Waals surface area contributed by atoms with Gasteiger partial charge in [-0.3, -0.25) is 9.69 Å².